The number of hydrogen-bond donors (Lipinski definition) is 2. The largest absolute Gasteiger partial charge is 0.368 e. The maximum Gasteiger partial charge on any atom is 0.255 e. The van der Waals surface area contributed by atoms with Gasteiger partial charge < -0.3 is 16.0 Å². The number of carbonyl (C=O) groups excluding carboxylic acids is 1. The summed E-state index contributed by atoms with van der Waals surface area (Å²) in [4.78, 5) is 19.7. The average molecular weight is 415 g/mol. The molecule has 1 amide bonds. The van der Waals surface area contributed by atoms with E-state index in [-0.39, 0.29) is 11.9 Å². The van der Waals surface area contributed by atoms with Crippen LogP contribution in [0.3, 0.4) is 0 Å². The number of nitrogens with one attached hydrogen (secondary N) is 1. The quantitative estimate of drug-likeness (QED) is 0.781. The van der Waals surface area contributed by atoms with Crippen LogP contribution >= 0.6 is 0 Å². The maximum atomic E-state index is 14.0. The van der Waals surface area contributed by atoms with E-state index in [0.717, 1.165) is 25.3 Å². The zero-order chi connectivity index (χ0) is 21.6. The molecule has 1 aliphatic carbocycles. The lowest BCUT2D eigenvalue weighted by Gasteiger charge is -2.28. The van der Waals surface area contributed by atoms with Crippen LogP contribution in [0.25, 0.3) is 11.1 Å². The predicted molar refractivity (Wildman–Crippen MR) is 113 cm³/mol. The van der Waals surface area contributed by atoms with Crippen LogP contribution in [0.1, 0.15) is 49.2 Å². The molecule has 0 bridgehead atoms. The molecule has 1 aliphatic heterocycles. The molecule has 1 saturated carbocycles. The van der Waals surface area contributed by atoms with E-state index in [1.807, 2.05) is 18.7 Å². The van der Waals surface area contributed by atoms with Crippen LogP contribution in [0.4, 0.5) is 14.5 Å². The van der Waals surface area contributed by atoms with Crippen molar-refractivity contribution in [3.05, 3.63) is 47.3 Å². The number of nitrogens with zero attached hydrogens (tertiary/aromatic N) is 2. The molecule has 1 unspecified atom stereocenters. The molecular formula is C23H28F2N4O. The molecule has 1 aromatic heterocycles. The lowest BCUT2D eigenvalue weighted by atomic mass is 9.97. The number of nitrogens with two attached hydrogens (primary N) is 1. The van der Waals surface area contributed by atoms with Crippen molar-refractivity contribution in [2.75, 3.05) is 18.0 Å². The van der Waals surface area contributed by atoms with Crippen LogP contribution < -0.4 is 16.0 Å². The van der Waals surface area contributed by atoms with Crippen LogP contribution in [-0.2, 0) is 0 Å². The fourth-order valence-electron chi connectivity index (χ4n) is 4.31. The first-order chi connectivity index (χ1) is 14.1. The fraction of sp³-hybridized carbons (Fsp3) is 0.478. The van der Waals surface area contributed by atoms with Crippen molar-refractivity contribution in [2.45, 2.75) is 51.6 Å². The number of rotatable bonds is 5. The molecule has 1 saturated heterocycles. The Kier molecular flexibility index (Phi) is 5.26. The van der Waals surface area contributed by atoms with Crippen molar-refractivity contribution in [3.8, 4) is 11.1 Å². The predicted octanol–water partition coefficient (Wildman–Crippen LogP) is 3.79. The minimum absolute atomic E-state index is 0.0695. The van der Waals surface area contributed by atoms with Gasteiger partial charge in [0.05, 0.1) is 11.3 Å². The number of aromatic nitrogens is 1. The van der Waals surface area contributed by atoms with E-state index >= 15 is 0 Å². The molecule has 7 heteroatoms. The van der Waals surface area contributed by atoms with Gasteiger partial charge in [0, 0.05) is 48.2 Å². The molecule has 2 heterocycles. The number of carbonyl (C=O) groups is 1. The van der Waals surface area contributed by atoms with Crippen molar-refractivity contribution in [1.82, 2.24) is 10.3 Å². The van der Waals surface area contributed by atoms with E-state index in [1.54, 1.807) is 13.1 Å². The Morgan fingerprint density at radius 1 is 1.30 bits per heavy atom. The minimum Gasteiger partial charge on any atom is -0.368 e. The monoisotopic (exact) mass is 414 g/mol. The summed E-state index contributed by atoms with van der Waals surface area (Å²) in [6.45, 7) is 6.96. The molecule has 0 spiro atoms. The summed E-state index contributed by atoms with van der Waals surface area (Å²) in [5, 5.41) is 3.08. The third-order valence-corrected chi connectivity index (χ3v) is 6.15. The standard InChI is InChI=1S/C23H28F2N4O/c1-13(15-4-5-15)28-22(30)19-11-27-14(2)20(16-8-17(24)10-18(25)9-16)21(19)29-7-6-23(3,26)12-29/h8-11,13,15H,4-7,12,26H2,1-3H3,(H,28,30)/t13-,23?/m0/s1. The Morgan fingerprint density at radius 2 is 1.97 bits per heavy atom. The number of anilines is 1. The second kappa shape index (κ2) is 7.61. The first-order valence-corrected chi connectivity index (χ1v) is 10.5. The van der Waals surface area contributed by atoms with Gasteiger partial charge in [-0.15, -0.1) is 0 Å². The molecule has 3 N–H and O–H groups in total. The summed E-state index contributed by atoms with van der Waals surface area (Å²) in [6, 6.07) is 3.47. The molecule has 0 radical (unpaired) electrons. The van der Waals surface area contributed by atoms with Crippen LogP contribution in [0.2, 0.25) is 0 Å². The number of halogens is 2. The number of pyridine rings is 1. The molecule has 2 fully saturated rings. The van der Waals surface area contributed by atoms with Crippen molar-refractivity contribution >= 4 is 11.6 Å². The Balaban J connectivity index is 1.84. The van der Waals surface area contributed by atoms with Gasteiger partial charge in [-0.05, 0) is 63.6 Å². The molecular weight excluding hydrogens is 386 g/mol. The zero-order valence-electron chi connectivity index (χ0n) is 17.6. The van der Waals surface area contributed by atoms with Crippen molar-refractivity contribution in [1.29, 1.82) is 0 Å². The summed E-state index contributed by atoms with van der Waals surface area (Å²) >= 11 is 0. The van der Waals surface area contributed by atoms with E-state index in [2.05, 4.69) is 10.3 Å². The van der Waals surface area contributed by atoms with Crippen LogP contribution in [0, 0.1) is 24.5 Å². The number of benzene rings is 1. The molecule has 1 aromatic carbocycles. The van der Waals surface area contributed by atoms with Crippen LogP contribution in [-0.4, -0.2) is 35.6 Å². The van der Waals surface area contributed by atoms with Crippen molar-refractivity contribution in [2.24, 2.45) is 11.7 Å². The minimum atomic E-state index is -0.669. The normalized spacial score (nSPS) is 22.3. The Bertz CT molecular complexity index is 967. The molecule has 5 nitrogen and oxygen atoms in total. The van der Waals surface area contributed by atoms with E-state index in [1.165, 1.54) is 12.1 Å². The fourth-order valence-corrected chi connectivity index (χ4v) is 4.31. The van der Waals surface area contributed by atoms with Gasteiger partial charge in [0.15, 0.2) is 0 Å². The van der Waals surface area contributed by atoms with Crippen LogP contribution in [0.15, 0.2) is 24.4 Å². The Labute approximate surface area is 175 Å². The Hall–Kier alpha value is -2.54. The van der Waals surface area contributed by atoms with Gasteiger partial charge in [-0.1, -0.05) is 0 Å². The highest BCUT2D eigenvalue weighted by molar-refractivity contribution is 6.03. The first-order valence-electron chi connectivity index (χ1n) is 10.5. The Morgan fingerprint density at radius 3 is 2.53 bits per heavy atom. The summed E-state index contributed by atoms with van der Waals surface area (Å²) < 4.78 is 28.1. The molecule has 4 rings (SSSR count). The molecule has 2 atom stereocenters. The topological polar surface area (TPSA) is 71.2 Å². The van der Waals surface area contributed by atoms with Gasteiger partial charge in [0.25, 0.3) is 5.91 Å². The highest BCUT2D eigenvalue weighted by Gasteiger charge is 2.35. The SMILES string of the molecule is Cc1ncc(C(=O)N[C@@H](C)C2CC2)c(N2CCC(C)(N)C2)c1-c1cc(F)cc(F)c1. The van der Waals surface area contributed by atoms with Gasteiger partial charge >= 0.3 is 0 Å². The molecule has 160 valence electrons. The van der Waals surface area contributed by atoms with Crippen molar-refractivity contribution < 1.29 is 13.6 Å². The second-order valence-electron chi connectivity index (χ2n) is 9.06. The van der Waals surface area contributed by atoms with Crippen molar-refractivity contribution in [3.63, 3.8) is 0 Å². The average Bonchev–Trinajstić information content (AvgIpc) is 3.43. The van der Waals surface area contributed by atoms with Gasteiger partial charge in [0.1, 0.15) is 11.6 Å². The third-order valence-electron chi connectivity index (χ3n) is 6.15. The highest BCUT2D eigenvalue weighted by Crippen LogP contribution is 2.40. The highest BCUT2D eigenvalue weighted by atomic mass is 19.1. The van der Waals surface area contributed by atoms with Crippen LogP contribution in [0.5, 0.6) is 0 Å². The van der Waals surface area contributed by atoms with E-state index in [9.17, 15) is 13.6 Å². The third kappa shape index (κ3) is 4.17. The number of hydrogen-bond acceptors (Lipinski definition) is 4. The summed E-state index contributed by atoms with van der Waals surface area (Å²) in [5.41, 5.74) is 8.54. The molecule has 30 heavy (non-hydrogen) atoms. The molecule has 2 aliphatic rings. The number of aryl methyl sites for hydroxylation is 1. The summed E-state index contributed by atoms with van der Waals surface area (Å²) in [6.07, 6.45) is 4.55. The van der Waals surface area contributed by atoms with Gasteiger partial charge in [0.2, 0.25) is 0 Å². The van der Waals surface area contributed by atoms with E-state index in [0.29, 0.717) is 47.1 Å². The zero-order valence-corrected chi connectivity index (χ0v) is 17.6. The molecule has 2 aromatic rings. The first kappa shape index (κ1) is 20.7. The summed E-state index contributed by atoms with van der Waals surface area (Å²) in [5.74, 6) is -1.05. The maximum absolute atomic E-state index is 14.0. The lowest BCUT2D eigenvalue weighted by Crippen LogP contribution is -2.40. The van der Waals surface area contributed by atoms with Gasteiger partial charge in [-0.25, -0.2) is 8.78 Å². The van der Waals surface area contributed by atoms with E-state index < -0.39 is 17.2 Å². The number of amides is 1. The second-order valence-corrected chi connectivity index (χ2v) is 9.06. The smallest absolute Gasteiger partial charge is 0.255 e. The van der Waals surface area contributed by atoms with E-state index in [4.69, 9.17) is 5.73 Å². The summed E-state index contributed by atoms with van der Waals surface area (Å²) in [7, 11) is 0. The lowest BCUT2D eigenvalue weighted by molar-refractivity contribution is 0.0936. The van der Waals surface area contributed by atoms with Gasteiger partial charge in [-0.2, -0.15) is 0 Å². The van der Waals surface area contributed by atoms with Gasteiger partial charge in [-0.3, -0.25) is 9.78 Å².